The molecule has 1 saturated heterocycles. The molecule has 0 unspecified atom stereocenters. The molecule has 0 atom stereocenters. The minimum Gasteiger partial charge on any atom is -0.378 e. The Morgan fingerprint density at radius 1 is 1.00 bits per heavy atom. The minimum absolute atomic E-state index is 0.0475. The number of rotatable bonds is 5. The number of amides is 1. The summed E-state index contributed by atoms with van der Waals surface area (Å²) < 4.78 is 7.16. The Morgan fingerprint density at radius 3 is 2.41 bits per heavy atom. The van der Waals surface area contributed by atoms with Crippen LogP contribution in [0.15, 0.2) is 53.7 Å². The first-order valence-corrected chi connectivity index (χ1v) is 10.8. The number of thioether (sulfide) groups is 1. The molecule has 0 aliphatic carbocycles. The van der Waals surface area contributed by atoms with Crippen LogP contribution in [0.5, 0.6) is 0 Å². The molecule has 1 aliphatic heterocycles. The summed E-state index contributed by atoms with van der Waals surface area (Å²) in [5.74, 6) is 0.877. The zero-order valence-corrected chi connectivity index (χ0v) is 17.8. The van der Waals surface area contributed by atoms with Crippen molar-refractivity contribution in [1.82, 2.24) is 19.7 Å². The zero-order chi connectivity index (χ0) is 20.2. The Balaban J connectivity index is 1.68. The van der Waals surface area contributed by atoms with Crippen molar-refractivity contribution >= 4 is 40.9 Å². The second kappa shape index (κ2) is 9.17. The van der Waals surface area contributed by atoms with Crippen LogP contribution in [0.1, 0.15) is 0 Å². The first-order chi connectivity index (χ1) is 14.1. The molecule has 150 valence electrons. The second-order valence-electron chi connectivity index (χ2n) is 6.35. The van der Waals surface area contributed by atoms with Crippen molar-refractivity contribution in [3.8, 4) is 17.1 Å². The predicted molar refractivity (Wildman–Crippen MR) is 115 cm³/mol. The summed E-state index contributed by atoms with van der Waals surface area (Å²) in [4.78, 5) is 14.4. The van der Waals surface area contributed by atoms with Gasteiger partial charge in [0, 0.05) is 18.7 Å². The molecule has 29 heavy (non-hydrogen) atoms. The molecule has 1 fully saturated rings. The van der Waals surface area contributed by atoms with E-state index in [0.717, 1.165) is 11.3 Å². The number of hydrogen-bond acceptors (Lipinski definition) is 5. The number of morpholine rings is 1. The summed E-state index contributed by atoms with van der Waals surface area (Å²) in [6.07, 6.45) is 0. The number of para-hydroxylation sites is 1. The van der Waals surface area contributed by atoms with Crippen molar-refractivity contribution in [3.63, 3.8) is 0 Å². The summed E-state index contributed by atoms with van der Waals surface area (Å²) in [6.45, 7) is 2.37. The molecule has 2 heterocycles. The molecule has 6 nitrogen and oxygen atoms in total. The van der Waals surface area contributed by atoms with Crippen LogP contribution in [-0.4, -0.2) is 57.6 Å². The lowest BCUT2D eigenvalue weighted by molar-refractivity contribution is -0.132. The summed E-state index contributed by atoms with van der Waals surface area (Å²) in [6, 6.07) is 14.9. The van der Waals surface area contributed by atoms with Gasteiger partial charge in [0.15, 0.2) is 11.0 Å². The number of carbonyl (C=O) groups excluding carboxylic acids is 1. The fraction of sp³-hybridized carbons (Fsp3) is 0.250. The van der Waals surface area contributed by atoms with Crippen LogP contribution in [0.25, 0.3) is 17.1 Å². The van der Waals surface area contributed by atoms with E-state index >= 15 is 0 Å². The maximum absolute atomic E-state index is 12.6. The third-order valence-corrected chi connectivity index (χ3v) is 6.09. The van der Waals surface area contributed by atoms with Crippen molar-refractivity contribution in [2.75, 3.05) is 32.1 Å². The number of ether oxygens (including phenoxy) is 1. The molecule has 1 aliphatic rings. The number of benzene rings is 2. The van der Waals surface area contributed by atoms with Crippen LogP contribution in [0.2, 0.25) is 10.0 Å². The van der Waals surface area contributed by atoms with Crippen molar-refractivity contribution in [3.05, 3.63) is 58.6 Å². The minimum atomic E-state index is 0.0475. The average molecular weight is 449 g/mol. The first-order valence-electron chi connectivity index (χ1n) is 9.08. The molecular formula is C20H18Cl2N4O2S. The molecular weight excluding hydrogens is 431 g/mol. The number of halogens is 2. The van der Waals surface area contributed by atoms with Gasteiger partial charge >= 0.3 is 0 Å². The maximum Gasteiger partial charge on any atom is 0.233 e. The third kappa shape index (κ3) is 4.43. The Morgan fingerprint density at radius 2 is 1.69 bits per heavy atom. The number of hydrogen-bond donors (Lipinski definition) is 0. The Hall–Kier alpha value is -2.06. The zero-order valence-electron chi connectivity index (χ0n) is 15.4. The molecule has 2 aromatic carbocycles. The van der Waals surface area contributed by atoms with Gasteiger partial charge in [-0.05, 0) is 24.3 Å². The van der Waals surface area contributed by atoms with E-state index < -0.39 is 0 Å². The molecule has 1 aromatic heterocycles. The predicted octanol–water partition coefficient (Wildman–Crippen LogP) is 4.19. The second-order valence-corrected chi connectivity index (χ2v) is 8.11. The highest BCUT2D eigenvalue weighted by atomic mass is 35.5. The normalized spacial score (nSPS) is 14.2. The lowest BCUT2D eigenvalue weighted by atomic mass is 10.2. The molecule has 0 N–H and O–H groups in total. The van der Waals surface area contributed by atoms with E-state index in [-0.39, 0.29) is 11.7 Å². The standard InChI is InChI=1S/C20H18Cl2N4O2S/c21-15-6-2-1-5-14(15)19-23-24-20(26(19)17-8-4-3-7-16(17)22)29-13-18(27)25-9-11-28-12-10-25/h1-8H,9-13H2. The van der Waals surface area contributed by atoms with Gasteiger partial charge in [-0.25, -0.2) is 0 Å². The fourth-order valence-corrected chi connectivity index (χ4v) is 4.35. The van der Waals surface area contributed by atoms with Crippen molar-refractivity contribution in [2.24, 2.45) is 0 Å². The number of aromatic nitrogens is 3. The number of carbonyl (C=O) groups is 1. The van der Waals surface area contributed by atoms with E-state index in [1.807, 2.05) is 45.9 Å². The molecule has 1 amide bonds. The molecule has 3 aromatic rings. The summed E-state index contributed by atoms with van der Waals surface area (Å²) in [5, 5.41) is 10.4. The Bertz CT molecular complexity index is 1020. The van der Waals surface area contributed by atoms with Crippen molar-refractivity contribution < 1.29 is 9.53 Å². The highest BCUT2D eigenvalue weighted by Crippen LogP contribution is 2.34. The lowest BCUT2D eigenvalue weighted by Crippen LogP contribution is -2.41. The lowest BCUT2D eigenvalue weighted by Gasteiger charge is -2.26. The molecule has 0 saturated carbocycles. The van der Waals surface area contributed by atoms with Gasteiger partial charge < -0.3 is 9.64 Å². The van der Waals surface area contributed by atoms with Gasteiger partial charge in [0.05, 0.1) is 34.7 Å². The van der Waals surface area contributed by atoms with E-state index in [4.69, 9.17) is 27.9 Å². The van der Waals surface area contributed by atoms with Gasteiger partial charge in [-0.3, -0.25) is 9.36 Å². The van der Waals surface area contributed by atoms with Gasteiger partial charge in [0.25, 0.3) is 0 Å². The Labute approximate surface area is 182 Å². The van der Waals surface area contributed by atoms with Crippen LogP contribution < -0.4 is 0 Å². The first kappa shape index (κ1) is 20.2. The van der Waals surface area contributed by atoms with Crippen LogP contribution in [0.3, 0.4) is 0 Å². The topological polar surface area (TPSA) is 60.2 Å². The summed E-state index contributed by atoms with van der Waals surface area (Å²) in [7, 11) is 0. The van der Waals surface area contributed by atoms with Crippen LogP contribution in [-0.2, 0) is 9.53 Å². The molecule has 0 bridgehead atoms. The summed E-state index contributed by atoms with van der Waals surface area (Å²) in [5.41, 5.74) is 1.48. The Kier molecular flexibility index (Phi) is 6.40. The van der Waals surface area contributed by atoms with E-state index in [1.54, 1.807) is 12.1 Å². The number of nitrogens with zero attached hydrogens (tertiary/aromatic N) is 4. The van der Waals surface area contributed by atoms with Crippen LogP contribution >= 0.6 is 35.0 Å². The van der Waals surface area contributed by atoms with E-state index in [0.29, 0.717) is 47.3 Å². The smallest absolute Gasteiger partial charge is 0.233 e. The SMILES string of the molecule is O=C(CSc1nnc(-c2ccccc2Cl)n1-c1ccccc1Cl)N1CCOCC1. The van der Waals surface area contributed by atoms with Gasteiger partial charge in [0.1, 0.15) is 0 Å². The summed E-state index contributed by atoms with van der Waals surface area (Å²) >= 11 is 14.2. The van der Waals surface area contributed by atoms with Gasteiger partial charge in [-0.2, -0.15) is 0 Å². The van der Waals surface area contributed by atoms with Crippen LogP contribution in [0.4, 0.5) is 0 Å². The van der Waals surface area contributed by atoms with Gasteiger partial charge in [0.2, 0.25) is 5.91 Å². The fourth-order valence-electron chi connectivity index (χ4n) is 3.06. The average Bonchev–Trinajstić information content (AvgIpc) is 3.16. The monoisotopic (exact) mass is 448 g/mol. The molecule has 9 heteroatoms. The highest BCUT2D eigenvalue weighted by Gasteiger charge is 2.22. The van der Waals surface area contributed by atoms with Gasteiger partial charge in [-0.15, -0.1) is 10.2 Å². The van der Waals surface area contributed by atoms with E-state index in [2.05, 4.69) is 10.2 Å². The van der Waals surface area contributed by atoms with Crippen molar-refractivity contribution in [2.45, 2.75) is 5.16 Å². The maximum atomic E-state index is 12.6. The highest BCUT2D eigenvalue weighted by molar-refractivity contribution is 7.99. The van der Waals surface area contributed by atoms with E-state index in [1.165, 1.54) is 11.8 Å². The molecule has 0 radical (unpaired) electrons. The molecule has 0 spiro atoms. The third-order valence-electron chi connectivity index (χ3n) is 4.53. The van der Waals surface area contributed by atoms with Gasteiger partial charge in [-0.1, -0.05) is 59.2 Å². The van der Waals surface area contributed by atoms with Crippen LogP contribution in [0, 0.1) is 0 Å². The van der Waals surface area contributed by atoms with Crippen molar-refractivity contribution in [1.29, 1.82) is 0 Å². The molecule has 4 rings (SSSR count). The quantitative estimate of drug-likeness (QED) is 0.547. The largest absolute Gasteiger partial charge is 0.378 e. The van der Waals surface area contributed by atoms with E-state index in [9.17, 15) is 4.79 Å².